The zero-order valence-corrected chi connectivity index (χ0v) is 12.4. The minimum absolute atomic E-state index is 0.233. The van der Waals surface area contributed by atoms with Crippen molar-refractivity contribution in [3.63, 3.8) is 0 Å². The Labute approximate surface area is 130 Å². The second-order valence-electron chi connectivity index (χ2n) is 4.38. The van der Waals surface area contributed by atoms with Crippen LogP contribution in [0.3, 0.4) is 0 Å². The first kappa shape index (κ1) is 13.8. The largest absolute Gasteiger partial charge is 0.477 e. The van der Waals surface area contributed by atoms with Crippen LogP contribution in [0.15, 0.2) is 54.6 Å². The number of hydrogen-bond donors (Lipinski definition) is 1. The van der Waals surface area contributed by atoms with Crippen LogP contribution in [0.4, 0.5) is 0 Å². The van der Waals surface area contributed by atoms with Crippen molar-refractivity contribution in [1.82, 2.24) is 4.98 Å². The Morgan fingerprint density at radius 2 is 1.76 bits per heavy atom. The number of carboxylic acids is 1. The minimum Gasteiger partial charge on any atom is -0.477 e. The van der Waals surface area contributed by atoms with Gasteiger partial charge < -0.3 is 5.11 Å². The average Bonchev–Trinajstić information content (AvgIpc) is 2.93. The van der Waals surface area contributed by atoms with Crippen molar-refractivity contribution in [2.45, 2.75) is 0 Å². The number of nitrogens with zero attached hydrogens (tertiary/aromatic N) is 1. The Morgan fingerprint density at radius 3 is 2.43 bits per heavy atom. The highest BCUT2D eigenvalue weighted by atomic mass is 35.5. The number of halogens is 1. The molecule has 1 aromatic heterocycles. The summed E-state index contributed by atoms with van der Waals surface area (Å²) in [6.45, 7) is 0. The van der Waals surface area contributed by atoms with Gasteiger partial charge in [-0.25, -0.2) is 9.78 Å². The third-order valence-corrected chi connectivity index (χ3v) is 4.27. The van der Waals surface area contributed by atoms with E-state index >= 15 is 0 Å². The molecule has 3 aromatic rings. The molecule has 0 saturated carbocycles. The standard InChI is InChI=1S/C16H10ClNO2S/c17-12-8-4-7-11(9-12)15-18-13(14(21-15)16(19)20)10-5-2-1-3-6-10/h1-9H,(H,19,20). The zero-order valence-electron chi connectivity index (χ0n) is 10.8. The van der Waals surface area contributed by atoms with Crippen LogP contribution < -0.4 is 0 Å². The first-order valence-electron chi connectivity index (χ1n) is 6.20. The van der Waals surface area contributed by atoms with Gasteiger partial charge in [0.15, 0.2) is 0 Å². The highest BCUT2D eigenvalue weighted by Gasteiger charge is 2.19. The quantitative estimate of drug-likeness (QED) is 0.753. The minimum atomic E-state index is -0.973. The van der Waals surface area contributed by atoms with Gasteiger partial charge in [-0.05, 0) is 12.1 Å². The maximum atomic E-state index is 11.5. The van der Waals surface area contributed by atoms with Crippen molar-refractivity contribution < 1.29 is 9.90 Å². The van der Waals surface area contributed by atoms with E-state index in [1.807, 2.05) is 42.5 Å². The summed E-state index contributed by atoms with van der Waals surface area (Å²) in [5.74, 6) is -0.973. The monoisotopic (exact) mass is 315 g/mol. The molecule has 0 aliphatic carbocycles. The Morgan fingerprint density at radius 1 is 1.05 bits per heavy atom. The van der Waals surface area contributed by atoms with E-state index in [0.717, 1.165) is 22.5 Å². The number of carbonyl (C=O) groups is 1. The molecule has 0 spiro atoms. The van der Waals surface area contributed by atoms with E-state index in [9.17, 15) is 9.90 Å². The number of hydrogen-bond acceptors (Lipinski definition) is 3. The topological polar surface area (TPSA) is 50.2 Å². The summed E-state index contributed by atoms with van der Waals surface area (Å²) < 4.78 is 0. The zero-order chi connectivity index (χ0) is 14.8. The highest BCUT2D eigenvalue weighted by molar-refractivity contribution is 7.17. The smallest absolute Gasteiger partial charge is 0.348 e. The molecule has 3 rings (SSSR count). The number of rotatable bonds is 3. The van der Waals surface area contributed by atoms with Crippen LogP contribution in [0.25, 0.3) is 21.8 Å². The van der Waals surface area contributed by atoms with Crippen LogP contribution >= 0.6 is 22.9 Å². The number of thiazole rings is 1. The molecule has 0 atom stereocenters. The van der Waals surface area contributed by atoms with Crippen molar-refractivity contribution in [1.29, 1.82) is 0 Å². The summed E-state index contributed by atoms with van der Waals surface area (Å²) in [7, 11) is 0. The predicted molar refractivity (Wildman–Crippen MR) is 85.0 cm³/mol. The molecule has 2 aromatic carbocycles. The number of aromatic carboxylic acids is 1. The van der Waals surface area contributed by atoms with Crippen LogP contribution in [0.1, 0.15) is 9.67 Å². The van der Waals surface area contributed by atoms with E-state index in [-0.39, 0.29) is 4.88 Å². The van der Waals surface area contributed by atoms with Gasteiger partial charge in [0.2, 0.25) is 0 Å². The Bertz CT molecular complexity index is 799. The lowest BCUT2D eigenvalue weighted by Gasteiger charge is -1.98. The molecule has 0 aliphatic heterocycles. The first-order valence-corrected chi connectivity index (χ1v) is 7.40. The predicted octanol–water partition coefficient (Wildman–Crippen LogP) is 4.83. The van der Waals surface area contributed by atoms with Crippen LogP contribution in [-0.4, -0.2) is 16.1 Å². The van der Waals surface area contributed by atoms with Crippen molar-refractivity contribution in [2.75, 3.05) is 0 Å². The molecule has 21 heavy (non-hydrogen) atoms. The van der Waals surface area contributed by atoms with Crippen molar-refractivity contribution in [3.05, 3.63) is 64.5 Å². The van der Waals surface area contributed by atoms with E-state index in [1.165, 1.54) is 0 Å². The maximum absolute atomic E-state index is 11.5. The van der Waals surface area contributed by atoms with Gasteiger partial charge in [0.25, 0.3) is 0 Å². The van der Waals surface area contributed by atoms with Gasteiger partial charge in [-0.15, -0.1) is 11.3 Å². The molecule has 0 aliphatic rings. The summed E-state index contributed by atoms with van der Waals surface area (Å²) in [6.07, 6.45) is 0. The molecule has 1 N–H and O–H groups in total. The normalized spacial score (nSPS) is 10.5. The summed E-state index contributed by atoms with van der Waals surface area (Å²) in [5, 5.41) is 10.6. The molecule has 0 unspecified atom stereocenters. The number of carboxylic acid groups (broad SMARTS) is 1. The van der Waals surface area contributed by atoms with Gasteiger partial charge in [0.1, 0.15) is 9.88 Å². The third-order valence-electron chi connectivity index (χ3n) is 2.94. The fourth-order valence-electron chi connectivity index (χ4n) is 2.00. The second kappa shape index (κ2) is 5.68. The van der Waals surface area contributed by atoms with Crippen molar-refractivity contribution >= 4 is 28.9 Å². The molecule has 0 amide bonds. The summed E-state index contributed by atoms with van der Waals surface area (Å²) in [4.78, 5) is 16.2. The molecular formula is C16H10ClNO2S. The summed E-state index contributed by atoms with van der Waals surface area (Å²) in [5.41, 5.74) is 2.10. The van der Waals surface area contributed by atoms with Gasteiger partial charge in [-0.3, -0.25) is 0 Å². The van der Waals surface area contributed by atoms with Crippen LogP contribution in [-0.2, 0) is 0 Å². The van der Waals surface area contributed by atoms with E-state index in [1.54, 1.807) is 12.1 Å². The molecule has 5 heteroatoms. The lowest BCUT2D eigenvalue weighted by molar-refractivity contribution is 0.0702. The van der Waals surface area contributed by atoms with Crippen molar-refractivity contribution in [2.24, 2.45) is 0 Å². The Hall–Kier alpha value is -2.17. The molecule has 0 bridgehead atoms. The molecule has 104 valence electrons. The SMILES string of the molecule is O=C(O)c1sc(-c2cccc(Cl)c2)nc1-c1ccccc1. The fourth-order valence-corrected chi connectivity index (χ4v) is 3.11. The second-order valence-corrected chi connectivity index (χ2v) is 5.81. The summed E-state index contributed by atoms with van der Waals surface area (Å²) >= 11 is 7.14. The van der Waals surface area contributed by atoms with Crippen LogP contribution in [0.2, 0.25) is 5.02 Å². The molecule has 0 fully saturated rings. The van der Waals surface area contributed by atoms with E-state index in [0.29, 0.717) is 15.7 Å². The molecule has 1 heterocycles. The lowest BCUT2D eigenvalue weighted by Crippen LogP contribution is -1.95. The van der Waals surface area contributed by atoms with E-state index in [4.69, 9.17) is 11.6 Å². The average molecular weight is 316 g/mol. The molecular weight excluding hydrogens is 306 g/mol. The maximum Gasteiger partial charge on any atom is 0.348 e. The van der Waals surface area contributed by atoms with Gasteiger partial charge in [-0.1, -0.05) is 54.1 Å². The van der Waals surface area contributed by atoms with Crippen LogP contribution in [0.5, 0.6) is 0 Å². The molecule has 0 radical (unpaired) electrons. The van der Waals surface area contributed by atoms with Gasteiger partial charge >= 0.3 is 5.97 Å². The lowest BCUT2D eigenvalue weighted by atomic mass is 10.1. The third kappa shape index (κ3) is 2.82. The summed E-state index contributed by atoms with van der Waals surface area (Å²) in [6, 6.07) is 16.5. The van der Waals surface area contributed by atoms with Gasteiger partial charge in [0.05, 0.1) is 5.69 Å². The van der Waals surface area contributed by atoms with Gasteiger partial charge in [0, 0.05) is 16.1 Å². The first-order chi connectivity index (χ1) is 10.1. The fraction of sp³-hybridized carbons (Fsp3) is 0. The van der Waals surface area contributed by atoms with E-state index < -0.39 is 5.97 Å². The number of benzene rings is 2. The number of aromatic nitrogens is 1. The van der Waals surface area contributed by atoms with Crippen molar-refractivity contribution in [3.8, 4) is 21.8 Å². The van der Waals surface area contributed by atoms with Gasteiger partial charge in [-0.2, -0.15) is 0 Å². The van der Waals surface area contributed by atoms with Crippen LogP contribution in [0, 0.1) is 0 Å². The molecule has 3 nitrogen and oxygen atoms in total. The highest BCUT2D eigenvalue weighted by Crippen LogP contribution is 2.34. The van der Waals surface area contributed by atoms with E-state index in [2.05, 4.69) is 4.98 Å². The molecule has 0 saturated heterocycles. The Balaban J connectivity index is 2.15. The Kier molecular flexibility index (Phi) is 3.73.